The van der Waals surface area contributed by atoms with Crippen LogP contribution in [0, 0.1) is 11.8 Å². The highest BCUT2D eigenvalue weighted by Gasteiger charge is 2.61. The van der Waals surface area contributed by atoms with Crippen LogP contribution in [-0.4, -0.2) is 43.2 Å². The van der Waals surface area contributed by atoms with E-state index in [0.29, 0.717) is 17.9 Å². The van der Waals surface area contributed by atoms with Gasteiger partial charge < -0.3 is 10.1 Å². The second kappa shape index (κ2) is 4.93. The second-order valence-corrected chi connectivity index (χ2v) is 7.85. The number of allylic oxidation sites excluding steroid dienone is 1. The number of anilines is 1. The van der Waals surface area contributed by atoms with Crippen molar-refractivity contribution in [1.29, 1.82) is 0 Å². The Labute approximate surface area is 142 Å². The van der Waals surface area contributed by atoms with E-state index in [1.165, 1.54) is 5.57 Å². The van der Waals surface area contributed by atoms with Gasteiger partial charge in [0.15, 0.2) is 0 Å². The topological polar surface area (TPSA) is 41.6 Å². The number of fused-ring (bicyclic) bond motifs is 2. The molecular formula is C20H24N2O2. The lowest BCUT2D eigenvalue weighted by Gasteiger charge is -2.46. The van der Waals surface area contributed by atoms with Crippen LogP contribution >= 0.6 is 0 Å². The van der Waals surface area contributed by atoms with Crippen LogP contribution in [0.1, 0.15) is 25.3 Å². The molecule has 5 atom stereocenters. The van der Waals surface area contributed by atoms with Gasteiger partial charge in [0.25, 0.3) is 0 Å². The molecule has 1 aromatic carbocycles. The molecule has 1 saturated carbocycles. The van der Waals surface area contributed by atoms with Gasteiger partial charge in [0, 0.05) is 24.2 Å². The Kier molecular flexibility index (Phi) is 3.01. The number of likely N-dealkylation sites (tertiary alicyclic amines) is 1. The number of rotatable bonds is 0. The summed E-state index contributed by atoms with van der Waals surface area (Å²) in [5.74, 6) is 1.21. The molecule has 1 spiro atoms. The maximum absolute atomic E-state index is 13.2. The van der Waals surface area contributed by atoms with Crippen molar-refractivity contribution in [2.45, 2.75) is 37.3 Å². The predicted octanol–water partition coefficient (Wildman–Crippen LogP) is 2.56. The van der Waals surface area contributed by atoms with Crippen LogP contribution in [0.5, 0.6) is 0 Å². The Balaban J connectivity index is 1.69. The number of amides is 1. The van der Waals surface area contributed by atoms with Crippen molar-refractivity contribution in [3.05, 3.63) is 41.5 Å². The maximum atomic E-state index is 13.2. The summed E-state index contributed by atoms with van der Waals surface area (Å²) in [6.07, 6.45) is 4.10. The van der Waals surface area contributed by atoms with E-state index in [-0.39, 0.29) is 12.0 Å². The average Bonchev–Trinajstić information content (AvgIpc) is 2.72. The Morgan fingerprint density at radius 1 is 1.38 bits per heavy atom. The highest BCUT2D eigenvalue weighted by atomic mass is 16.5. The quantitative estimate of drug-likeness (QED) is 0.746. The summed E-state index contributed by atoms with van der Waals surface area (Å²) in [6.45, 7) is 3.95. The molecule has 126 valence electrons. The minimum absolute atomic E-state index is 0.0196. The minimum Gasteiger partial charge on any atom is -0.376 e. The average molecular weight is 324 g/mol. The normalized spacial score (nSPS) is 42.2. The fourth-order valence-electron chi connectivity index (χ4n) is 5.75. The van der Waals surface area contributed by atoms with Crippen LogP contribution in [0.4, 0.5) is 5.69 Å². The van der Waals surface area contributed by atoms with Crippen molar-refractivity contribution < 1.29 is 9.53 Å². The van der Waals surface area contributed by atoms with Gasteiger partial charge in [-0.3, -0.25) is 9.69 Å². The van der Waals surface area contributed by atoms with Crippen LogP contribution < -0.4 is 5.32 Å². The lowest BCUT2D eigenvalue weighted by atomic mass is 9.72. The molecule has 4 heteroatoms. The molecule has 1 aromatic rings. The first-order valence-corrected chi connectivity index (χ1v) is 9.03. The summed E-state index contributed by atoms with van der Waals surface area (Å²) in [5, 5.41) is 3.14. The summed E-state index contributed by atoms with van der Waals surface area (Å²) in [5.41, 5.74) is 3.11. The number of nitrogens with zero attached hydrogens (tertiary/aromatic N) is 1. The molecular weight excluding hydrogens is 300 g/mol. The van der Waals surface area contributed by atoms with Crippen molar-refractivity contribution >= 4 is 11.6 Å². The van der Waals surface area contributed by atoms with E-state index in [2.05, 4.69) is 36.3 Å². The van der Waals surface area contributed by atoms with Crippen molar-refractivity contribution in [1.82, 2.24) is 4.90 Å². The number of benzene rings is 1. The molecule has 24 heavy (non-hydrogen) atoms. The van der Waals surface area contributed by atoms with Crippen LogP contribution in [-0.2, 0) is 14.9 Å². The number of piperidine rings is 1. The lowest BCUT2D eigenvalue weighted by molar-refractivity contribution is -0.129. The monoisotopic (exact) mass is 324 g/mol. The number of carbonyl (C=O) groups excluding carboxylic acids is 1. The van der Waals surface area contributed by atoms with Crippen LogP contribution in [0.15, 0.2) is 35.9 Å². The zero-order valence-electron chi connectivity index (χ0n) is 14.3. The van der Waals surface area contributed by atoms with Gasteiger partial charge in [0.2, 0.25) is 5.91 Å². The van der Waals surface area contributed by atoms with Crippen LogP contribution in [0.3, 0.4) is 0 Å². The van der Waals surface area contributed by atoms with Crippen molar-refractivity contribution in [2.75, 3.05) is 25.5 Å². The van der Waals surface area contributed by atoms with E-state index >= 15 is 0 Å². The SMILES string of the molecule is C/C=C1\CN(C)[C@@H]2C[C@@]3(C(=O)Nc4ccccc43)[C@H]3C[C@H]1[C@H]2CO3. The number of carbonyl (C=O) groups is 1. The van der Waals surface area contributed by atoms with E-state index in [9.17, 15) is 4.79 Å². The van der Waals surface area contributed by atoms with E-state index in [1.54, 1.807) is 0 Å². The smallest absolute Gasteiger partial charge is 0.237 e. The summed E-state index contributed by atoms with van der Waals surface area (Å²) in [6, 6.07) is 8.59. The van der Waals surface area contributed by atoms with Gasteiger partial charge in [0.05, 0.1) is 12.7 Å². The molecule has 6 rings (SSSR count). The van der Waals surface area contributed by atoms with Crippen LogP contribution in [0.25, 0.3) is 0 Å². The Bertz CT molecular complexity index is 743. The molecule has 0 unspecified atom stereocenters. The third-order valence-corrected chi connectivity index (χ3v) is 6.96. The summed E-state index contributed by atoms with van der Waals surface area (Å²) in [7, 11) is 2.20. The van der Waals surface area contributed by atoms with E-state index < -0.39 is 5.41 Å². The molecule has 4 heterocycles. The number of likely N-dealkylation sites (N-methyl/N-ethyl adjacent to an activating group) is 1. The summed E-state index contributed by atoms with van der Waals surface area (Å²) in [4.78, 5) is 15.6. The fraction of sp³-hybridized carbons (Fsp3) is 0.550. The Morgan fingerprint density at radius 3 is 3.04 bits per heavy atom. The van der Waals surface area contributed by atoms with Gasteiger partial charge in [-0.1, -0.05) is 29.8 Å². The van der Waals surface area contributed by atoms with E-state index in [1.807, 2.05) is 18.2 Å². The second-order valence-electron chi connectivity index (χ2n) is 7.85. The van der Waals surface area contributed by atoms with Crippen molar-refractivity contribution in [3.8, 4) is 0 Å². The molecule has 0 radical (unpaired) electrons. The molecule has 0 aromatic heterocycles. The molecule has 1 amide bonds. The van der Waals surface area contributed by atoms with Gasteiger partial charge in [-0.25, -0.2) is 0 Å². The number of hydrogen-bond acceptors (Lipinski definition) is 3. The van der Waals surface area contributed by atoms with E-state index in [0.717, 1.165) is 37.2 Å². The molecule has 5 aliphatic rings. The molecule has 1 N–H and O–H groups in total. The largest absolute Gasteiger partial charge is 0.376 e. The van der Waals surface area contributed by atoms with Crippen LogP contribution in [0.2, 0.25) is 0 Å². The number of ether oxygens (including phenoxy) is 1. The minimum atomic E-state index is -0.526. The first-order valence-electron chi connectivity index (χ1n) is 9.03. The van der Waals surface area contributed by atoms with Gasteiger partial charge in [0.1, 0.15) is 5.41 Å². The fourth-order valence-corrected chi connectivity index (χ4v) is 5.75. The zero-order chi connectivity index (χ0) is 16.5. The lowest BCUT2D eigenvalue weighted by Crippen LogP contribution is -2.50. The van der Waals surface area contributed by atoms with Crippen molar-refractivity contribution in [2.24, 2.45) is 11.8 Å². The highest BCUT2D eigenvalue weighted by Crippen LogP contribution is 2.55. The van der Waals surface area contributed by atoms with Gasteiger partial charge >= 0.3 is 0 Å². The summed E-state index contributed by atoms with van der Waals surface area (Å²) >= 11 is 0. The third-order valence-electron chi connectivity index (χ3n) is 6.96. The Morgan fingerprint density at radius 2 is 2.21 bits per heavy atom. The molecule has 4 fully saturated rings. The van der Waals surface area contributed by atoms with Gasteiger partial charge in [-0.05, 0) is 44.4 Å². The number of para-hydroxylation sites is 1. The standard InChI is InChI=1S/C20H24N2O2/c1-3-12-10-22(2)17-9-20(18-8-13(12)14(17)11-24-18)15-6-4-5-7-16(15)21-19(20)23/h3-7,13-14,17-18H,8-11H2,1-2H3,(H,21,23)/b12-3+/t13-,14-,17-,18-,20+/m1/s1. The zero-order valence-corrected chi connectivity index (χ0v) is 14.3. The third kappa shape index (κ3) is 1.68. The molecule has 4 bridgehead atoms. The highest BCUT2D eigenvalue weighted by molar-refractivity contribution is 6.07. The number of nitrogens with one attached hydrogen (secondary N) is 1. The van der Waals surface area contributed by atoms with Gasteiger partial charge in [-0.2, -0.15) is 0 Å². The van der Waals surface area contributed by atoms with E-state index in [4.69, 9.17) is 4.74 Å². The molecule has 4 aliphatic heterocycles. The molecule has 3 saturated heterocycles. The summed E-state index contributed by atoms with van der Waals surface area (Å²) < 4.78 is 6.33. The first kappa shape index (κ1) is 14.7. The number of hydrogen-bond donors (Lipinski definition) is 1. The molecule has 4 nitrogen and oxygen atoms in total. The molecule has 1 aliphatic carbocycles. The predicted molar refractivity (Wildman–Crippen MR) is 92.9 cm³/mol. The Hall–Kier alpha value is -1.65. The first-order chi connectivity index (χ1) is 11.6. The van der Waals surface area contributed by atoms with Gasteiger partial charge in [-0.15, -0.1) is 0 Å². The van der Waals surface area contributed by atoms with Crippen molar-refractivity contribution in [3.63, 3.8) is 0 Å². The maximum Gasteiger partial charge on any atom is 0.237 e.